The van der Waals surface area contributed by atoms with Gasteiger partial charge in [0.25, 0.3) is 0 Å². The third-order valence-electron chi connectivity index (χ3n) is 4.16. The van der Waals surface area contributed by atoms with Gasteiger partial charge in [0.1, 0.15) is 5.82 Å². The van der Waals surface area contributed by atoms with Crippen LogP contribution in [-0.4, -0.2) is 53.6 Å². The fourth-order valence-electron chi connectivity index (χ4n) is 2.85. The number of amides is 1. The van der Waals surface area contributed by atoms with Crippen LogP contribution in [0.3, 0.4) is 0 Å². The van der Waals surface area contributed by atoms with Crippen molar-refractivity contribution < 1.29 is 13.2 Å². The number of anilines is 1. The smallest absolute Gasteiger partial charge is 0.233 e. The first-order valence-electron chi connectivity index (χ1n) is 8.56. The molecule has 1 aliphatic heterocycles. The van der Waals surface area contributed by atoms with Gasteiger partial charge in [0, 0.05) is 18.0 Å². The number of hydrogen-bond donors (Lipinski definition) is 2. The lowest BCUT2D eigenvalue weighted by molar-refractivity contribution is -0.120. The minimum absolute atomic E-state index is 0.0210. The standard InChI is InChI=1S/C17H22N4O3S2/c1-3-18-15-13-6-4-5-7-14(13)20-17(21-15)25-11(2)16(22)19-12-8-9-26(23,24)10-12/h4-7,11-12H,3,8-10H2,1-2H3,(H,19,22)(H,18,20,21)/t11-,12-/m0/s1. The Hall–Kier alpha value is -1.87. The lowest BCUT2D eigenvalue weighted by atomic mass is 10.2. The summed E-state index contributed by atoms with van der Waals surface area (Å²) in [6.07, 6.45) is 0.475. The summed E-state index contributed by atoms with van der Waals surface area (Å²) in [5.41, 5.74) is 0.815. The first-order chi connectivity index (χ1) is 12.4. The van der Waals surface area contributed by atoms with E-state index in [1.165, 1.54) is 11.8 Å². The van der Waals surface area contributed by atoms with E-state index >= 15 is 0 Å². The van der Waals surface area contributed by atoms with E-state index in [-0.39, 0.29) is 23.5 Å². The second-order valence-electron chi connectivity index (χ2n) is 6.27. The monoisotopic (exact) mass is 394 g/mol. The molecule has 3 rings (SSSR count). The van der Waals surface area contributed by atoms with Gasteiger partial charge in [0.15, 0.2) is 15.0 Å². The second kappa shape index (κ2) is 7.79. The molecule has 1 aromatic heterocycles. The zero-order valence-corrected chi connectivity index (χ0v) is 16.4. The van der Waals surface area contributed by atoms with Crippen LogP contribution < -0.4 is 10.6 Å². The summed E-state index contributed by atoms with van der Waals surface area (Å²) in [5, 5.41) is 7.08. The van der Waals surface area contributed by atoms with Crippen LogP contribution in [0.1, 0.15) is 20.3 Å². The number of para-hydroxylation sites is 1. The third kappa shape index (κ3) is 4.45. The average Bonchev–Trinajstić information content (AvgIpc) is 2.93. The fraction of sp³-hybridized carbons (Fsp3) is 0.471. The van der Waals surface area contributed by atoms with Crippen molar-refractivity contribution >= 4 is 44.2 Å². The molecule has 2 N–H and O–H groups in total. The van der Waals surface area contributed by atoms with Crippen molar-refractivity contribution in [2.75, 3.05) is 23.4 Å². The molecule has 0 spiro atoms. The summed E-state index contributed by atoms with van der Waals surface area (Å²) in [6, 6.07) is 7.42. The molecule has 1 aromatic carbocycles. The third-order valence-corrected chi connectivity index (χ3v) is 6.89. The normalized spacial score (nSPS) is 20.0. The van der Waals surface area contributed by atoms with Crippen molar-refractivity contribution in [3.63, 3.8) is 0 Å². The SMILES string of the molecule is CCNc1nc(S[C@@H](C)C(=O)N[C@H]2CCS(=O)(=O)C2)nc2ccccc12. The molecule has 2 heterocycles. The van der Waals surface area contributed by atoms with Gasteiger partial charge in [-0.15, -0.1) is 0 Å². The summed E-state index contributed by atoms with van der Waals surface area (Å²) in [7, 11) is -3.02. The van der Waals surface area contributed by atoms with E-state index in [1.54, 1.807) is 6.92 Å². The first kappa shape index (κ1) is 18.9. The summed E-state index contributed by atoms with van der Waals surface area (Å²) >= 11 is 1.27. The van der Waals surface area contributed by atoms with E-state index in [2.05, 4.69) is 20.6 Å². The summed E-state index contributed by atoms with van der Waals surface area (Å²) in [5.74, 6) is 0.709. The Morgan fingerprint density at radius 2 is 2.12 bits per heavy atom. The van der Waals surface area contributed by atoms with E-state index in [0.717, 1.165) is 23.3 Å². The Morgan fingerprint density at radius 1 is 1.35 bits per heavy atom. The van der Waals surface area contributed by atoms with E-state index in [1.807, 2.05) is 31.2 Å². The average molecular weight is 395 g/mol. The number of rotatable bonds is 6. The largest absolute Gasteiger partial charge is 0.370 e. The van der Waals surface area contributed by atoms with Crippen LogP contribution in [0, 0.1) is 0 Å². The Kier molecular flexibility index (Phi) is 5.67. The molecule has 2 atom stereocenters. The van der Waals surface area contributed by atoms with Gasteiger partial charge in [-0.05, 0) is 32.4 Å². The molecule has 1 amide bonds. The Bertz CT molecular complexity index is 917. The number of sulfone groups is 1. The molecule has 26 heavy (non-hydrogen) atoms. The molecule has 9 heteroatoms. The summed E-state index contributed by atoms with van der Waals surface area (Å²) in [6.45, 7) is 4.50. The van der Waals surface area contributed by atoms with Crippen LogP contribution in [-0.2, 0) is 14.6 Å². The Labute approximate surface area is 157 Å². The van der Waals surface area contributed by atoms with Crippen molar-refractivity contribution in [2.45, 2.75) is 36.7 Å². The Morgan fingerprint density at radius 3 is 2.81 bits per heavy atom. The number of aromatic nitrogens is 2. The lowest BCUT2D eigenvalue weighted by Gasteiger charge is -2.16. The minimum Gasteiger partial charge on any atom is -0.370 e. The number of nitrogens with one attached hydrogen (secondary N) is 2. The van der Waals surface area contributed by atoms with Gasteiger partial charge < -0.3 is 10.6 Å². The molecule has 1 saturated heterocycles. The molecule has 7 nitrogen and oxygen atoms in total. The molecule has 1 aliphatic rings. The molecule has 140 valence electrons. The molecule has 2 aromatic rings. The molecule has 0 unspecified atom stereocenters. The van der Waals surface area contributed by atoms with E-state index in [9.17, 15) is 13.2 Å². The molecule has 0 bridgehead atoms. The van der Waals surface area contributed by atoms with Gasteiger partial charge in [-0.2, -0.15) is 0 Å². The molecular formula is C17H22N4O3S2. The predicted octanol–water partition coefficient (Wildman–Crippen LogP) is 1.85. The minimum atomic E-state index is -3.02. The lowest BCUT2D eigenvalue weighted by Crippen LogP contribution is -2.40. The maximum atomic E-state index is 12.4. The maximum Gasteiger partial charge on any atom is 0.233 e. The highest BCUT2D eigenvalue weighted by Crippen LogP contribution is 2.27. The summed E-state index contributed by atoms with van der Waals surface area (Å²) in [4.78, 5) is 21.5. The highest BCUT2D eigenvalue weighted by Gasteiger charge is 2.30. The number of carbonyl (C=O) groups is 1. The predicted molar refractivity (Wildman–Crippen MR) is 104 cm³/mol. The van der Waals surface area contributed by atoms with Crippen LogP contribution >= 0.6 is 11.8 Å². The quantitative estimate of drug-likeness (QED) is 0.569. The second-order valence-corrected chi connectivity index (χ2v) is 9.81. The zero-order chi connectivity index (χ0) is 18.7. The zero-order valence-electron chi connectivity index (χ0n) is 14.7. The van der Waals surface area contributed by atoms with Crippen LogP contribution in [0.5, 0.6) is 0 Å². The fourth-order valence-corrected chi connectivity index (χ4v) is 5.31. The molecule has 0 saturated carbocycles. The van der Waals surface area contributed by atoms with Crippen molar-refractivity contribution in [3.8, 4) is 0 Å². The number of nitrogens with zero attached hydrogens (tertiary/aromatic N) is 2. The summed E-state index contributed by atoms with van der Waals surface area (Å²) < 4.78 is 23.0. The molecule has 0 aliphatic carbocycles. The van der Waals surface area contributed by atoms with Crippen LogP contribution in [0.4, 0.5) is 5.82 Å². The molecule has 0 radical (unpaired) electrons. The van der Waals surface area contributed by atoms with Crippen molar-refractivity contribution in [1.29, 1.82) is 0 Å². The highest BCUT2D eigenvalue weighted by atomic mass is 32.2. The number of thioether (sulfide) groups is 1. The van der Waals surface area contributed by atoms with Crippen LogP contribution in [0.15, 0.2) is 29.4 Å². The number of fused-ring (bicyclic) bond motifs is 1. The number of carbonyl (C=O) groups excluding carboxylic acids is 1. The van der Waals surface area contributed by atoms with E-state index in [4.69, 9.17) is 0 Å². The Balaban J connectivity index is 1.72. The highest BCUT2D eigenvalue weighted by molar-refractivity contribution is 8.00. The first-order valence-corrected chi connectivity index (χ1v) is 11.3. The van der Waals surface area contributed by atoms with Crippen molar-refractivity contribution in [1.82, 2.24) is 15.3 Å². The molecule has 1 fully saturated rings. The molecular weight excluding hydrogens is 372 g/mol. The van der Waals surface area contributed by atoms with Gasteiger partial charge in [-0.3, -0.25) is 4.79 Å². The van der Waals surface area contributed by atoms with Crippen molar-refractivity contribution in [2.24, 2.45) is 0 Å². The number of benzene rings is 1. The van der Waals surface area contributed by atoms with Crippen LogP contribution in [0.25, 0.3) is 10.9 Å². The van der Waals surface area contributed by atoms with Gasteiger partial charge in [0.05, 0.1) is 22.3 Å². The number of hydrogen-bond acceptors (Lipinski definition) is 7. The van der Waals surface area contributed by atoms with Gasteiger partial charge in [-0.25, -0.2) is 18.4 Å². The topological polar surface area (TPSA) is 101 Å². The van der Waals surface area contributed by atoms with Gasteiger partial charge in [-0.1, -0.05) is 23.9 Å². The van der Waals surface area contributed by atoms with Gasteiger partial charge in [0.2, 0.25) is 5.91 Å². The van der Waals surface area contributed by atoms with Crippen molar-refractivity contribution in [3.05, 3.63) is 24.3 Å². The van der Waals surface area contributed by atoms with E-state index in [0.29, 0.717) is 11.6 Å². The van der Waals surface area contributed by atoms with Crippen LogP contribution in [0.2, 0.25) is 0 Å². The van der Waals surface area contributed by atoms with Gasteiger partial charge >= 0.3 is 0 Å². The van der Waals surface area contributed by atoms with E-state index < -0.39 is 15.1 Å². The maximum absolute atomic E-state index is 12.4.